The lowest BCUT2D eigenvalue weighted by Gasteiger charge is -2.35. The number of para-hydroxylation sites is 2. The summed E-state index contributed by atoms with van der Waals surface area (Å²) < 4.78 is 11.3. The van der Waals surface area contributed by atoms with Gasteiger partial charge in [-0.25, -0.2) is 0 Å². The zero-order chi connectivity index (χ0) is 13.9. The summed E-state index contributed by atoms with van der Waals surface area (Å²) in [5, 5.41) is 9.24. The highest BCUT2D eigenvalue weighted by Gasteiger charge is 2.33. The molecule has 1 aromatic carbocycles. The Balaban J connectivity index is 1.67. The van der Waals surface area contributed by atoms with E-state index in [-0.39, 0.29) is 25.0 Å². The van der Waals surface area contributed by atoms with Crippen LogP contribution in [0.1, 0.15) is 12.8 Å². The molecule has 5 nitrogen and oxygen atoms in total. The van der Waals surface area contributed by atoms with Crippen molar-refractivity contribution < 1.29 is 19.4 Å². The van der Waals surface area contributed by atoms with E-state index in [4.69, 9.17) is 9.47 Å². The minimum Gasteiger partial charge on any atom is -0.485 e. The van der Waals surface area contributed by atoms with Crippen molar-refractivity contribution in [2.45, 2.75) is 18.9 Å². The summed E-state index contributed by atoms with van der Waals surface area (Å²) in [7, 11) is 0. The van der Waals surface area contributed by atoms with Gasteiger partial charge in [0.25, 0.3) is 5.91 Å². The molecule has 1 N–H and O–H groups in total. The highest BCUT2D eigenvalue weighted by atomic mass is 16.6. The summed E-state index contributed by atoms with van der Waals surface area (Å²) in [6.45, 7) is 1.72. The molecule has 1 saturated heterocycles. The Bertz CT molecular complexity index is 491. The maximum atomic E-state index is 12.5. The molecule has 0 bridgehead atoms. The van der Waals surface area contributed by atoms with E-state index < -0.39 is 6.10 Å². The Morgan fingerprint density at radius 2 is 2.15 bits per heavy atom. The number of amides is 1. The molecule has 1 aromatic rings. The number of likely N-dealkylation sites (tertiary alicyclic amines) is 1. The first kappa shape index (κ1) is 13.2. The van der Waals surface area contributed by atoms with Crippen molar-refractivity contribution >= 4 is 5.91 Å². The molecule has 0 saturated carbocycles. The van der Waals surface area contributed by atoms with Crippen molar-refractivity contribution in [2.75, 3.05) is 26.3 Å². The van der Waals surface area contributed by atoms with E-state index in [0.717, 1.165) is 19.4 Å². The number of aliphatic hydroxyl groups excluding tert-OH is 1. The van der Waals surface area contributed by atoms with Crippen molar-refractivity contribution in [1.29, 1.82) is 0 Å². The summed E-state index contributed by atoms with van der Waals surface area (Å²) >= 11 is 0. The number of fused-ring (bicyclic) bond motifs is 1. The second kappa shape index (κ2) is 5.71. The van der Waals surface area contributed by atoms with Gasteiger partial charge in [0.05, 0.1) is 0 Å². The summed E-state index contributed by atoms with van der Waals surface area (Å²) in [5.74, 6) is 1.44. The number of hydrogen-bond acceptors (Lipinski definition) is 4. The third-order valence-corrected chi connectivity index (χ3v) is 3.87. The number of carbonyl (C=O) groups excluding carboxylic acids is 1. The Labute approximate surface area is 118 Å². The lowest BCUT2D eigenvalue weighted by molar-refractivity contribution is -0.143. The lowest BCUT2D eigenvalue weighted by Crippen LogP contribution is -2.50. The van der Waals surface area contributed by atoms with Gasteiger partial charge in [-0.15, -0.1) is 0 Å². The number of nitrogens with zero attached hydrogens (tertiary/aromatic N) is 1. The zero-order valence-corrected chi connectivity index (χ0v) is 11.3. The molecule has 2 atom stereocenters. The van der Waals surface area contributed by atoms with Crippen LogP contribution < -0.4 is 9.47 Å². The second-order valence-electron chi connectivity index (χ2n) is 5.34. The molecule has 0 aliphatic carbocycles. The van der Waals surface area contributed by atoms with E-state index in [9.17, 15) is 9.90 Å². The number of aliphatic hydroxyl groups is 1. The average Bonchev–Trinajstić information content (AvgIpc) is 2.53. The van der Waals surface area contributed by atoms with Crippen LogP contribution in [0.5, 0.6) is 11.5 Å². The second-order valence-corrected chi connectivity index (χ2v) is 5.34. The summed E-state index contributed by atoms with van der Waals surface area (Å²) in [5.41, 5.74) is 0. The van der Waals surface area contributed by atoms with E-state index >= 15 is 0 Å². The van der Waals surface area contributed by atoms with Crippen LogP contribution in [0.2, 0.25) is 0 Å². The number of ether oxygens (including phenoxy) is 2. The van der Waals surface area contributed by atoms with Crippen LogP contribution in [0.4, 0.5) is 0 Å². The quantitative estimate of drug-likeness (QED) is 0.878. The maximum absolute atomic E-state index is 12.5. The van der Waals surface area contributed by atoms with Gasteiger partial charge in [0.2, 0.25) is 6.10 Å². The predicted octanol–water partition coefficient (Wildman–Crippen LogP) is 1.06. The standard InChI is InChI=1S/C15H19NO4/c17-9-11-4-3-7-16(8-11)15(18)14-10-19-12-5-1-2-6-13(12)20-14/h1-2,5-6,11,14,17H,3-4,7-10H2. The first-order valence-electron chi connectivity index (χ1n) is 7.06. The van der Waals surface area contributed by atoms with Gasteiger partial charge in [-0.3, -0.25) is 4.79 Å². The fraction of sp³-hybridized carbons (Fsp3) is 0.533. The van der Waals surface area contributed by atoms with Gasteiger partial charge < -0.3 is 19.5 Å². The molecule has 1 fully saturated rings. The summed E-state index contributed by atoms with van der Waals surface area (Å²) in [6.07, 6.45) is 1.33. The van der Waals surface area contributed by atoms with Crippen LogP contribution >= 0.6 is 0 Å². The van der Waals surface area contributed by atoms with Crippen molar-refractivity contribution in [1.82, 2.24) is 4.90 Å². The van der Waals surface area contributed by atoms with Gasteiger partial charge in [0.1, 0.15) is 6.61 Å². The molecule has 20 heavy (non-hydrogen) atoms. The third-order valence-electron chi connectivity index (χ3n) is 3.87. The van der Waals surface area contributed by atoms with Crippen molar-refractivity contribution in [2.24, 2.45) is 5.92 Å². The van der Waals surface area contributed by atoms with E-state index in [2.05, 4.69) is 0 Å². The molecule has 2 aliphatic heterocycles. The van der Waals surface area contributed by atoms with E-state index in [1.54, 1.807) is 4.90 Å². The van der Waals surface area contributed by atoms with Crippen molar-refractivity contribution in [3.05, 3.63) is 24.3 Å². The fourth-order valence-electron chi connectivity index (χ4n) is 2.76. The molecular formula is C15H19NO4. The molecule has 2 unspecified atom stereocenters. The first-order valence-corrected chi connectivity index (χ1v) is 7.06. The molecule has 0 spiro atoms. The number of hydrogen-bond donors (Lipinski definition) is 1. The molecule has 108 valence electrons. The number of piperidine rings is 1. The molecule has 5 heteroatoms. The molecule has 0 radical (unpaired) electrons. The third kappa shape index (κ3) is 2.58. The molecule has 3 rings (SSSR count). The van der Waals surface area contributed by atoms with Crippen LogP contribution in [-0.2, 0) is 4.79 Å². The Morgan fingerprint density at radius 1 is 1.35 bits per heavy atom. The Hall–Kier alpha value is -1.75. The van der Waals surface area contributed by atoms with E-state index in [0.29, 0.717) is 18.0 Å². The highest BCUT2D eigenvalue weighted by molar-refractivity contribution is 5.82. The van der Waals surface area contributed by atoms with Gasteiger partial charge in [-0.1, -0.05) is 12.1 Å². The Kier molecular flexibility index (Phi) is 3.78. The van der Waals surface area contributed by atoms with Crippen molar-refractivity contribution in [3.8, 4) is 11.5 Å². The highest BCUT2D eigenvalue weighted by Crippen LogP contribution is 2.31. The van der Waals surface area contributed by atoms with Gasteiger partial charge in [0.15, 0.2) is 11.5 Å². The van der Waals surface area contributed by atoms with Gasteiger partial charge in [-0.05, 0) is 30.9 Å². The predicted molar refractivity (Wildman–Crippen MR) is 72.7 cm³/mol. The maximum Gasteiger partial charge on any atom is 0.267 e. The van der Waals surface area contributed by atoms with Crippen LogP contribution in [-0.4, -0.2) is 48.3 Å². The molecule has 2 aliphatic rings. The molecule has 1 amide bonds. The molecule has 0 aromatic heterocycles. The SMILES string of the molecule is O=C(C1COc2ccccc2O1)N1CCCC(CO)C1. The number of rotatable bonds is 2. The summed E-state index contributed by atoms with van der Waals surface area (Å²) in [6, 6.07) is 7.37. The van der Waals surface area contributed by atoms with Crippen LogP contribution in [0.25, 0.3) is 0 Å². The normalized spacial score (nSPS) is 25.4. The topological polar surface area (TPSA) is 59.0 Å². The Morgan fingerprint density at radius 3 is 2.95 bits per heavy atom. The number of carbonyl (C=O) groups is 1. The minimum absolute atomic E-state index is 0.0438. The van der Waals surface area contributed by atoms with E-state index in [1.165, 1.54) is 0 Å². The average molecular weight is 277 g/mol. The fourth-order valence-corrected chi connectivity index (χ4v) is 2.76. The summed E-state index contributed by atoms with van der Waals surface area (Å²) in [4.78, 5) is 14.2. The molecular weight excluding hydrogens is 258 g/mol. The minimum atomic E-state index is -0.581. The zero-order valence-electron chi connectivity index (χ0n) is 11.3. The largest absolute Gasteiger partial charge is 0.485 e. The number of benzene rings is 1. The van der Waals surface area contributed by atoms with Gasteiger partial charge in [0, 0.05) is 19.7 Å². The van der Waals surface area contributed by atoms with Crippen LogP contribution in [0.15, 0.2) is 24.3 Å². The van der Waals surface area contributed by atoms with Crippen LogP contribution in [0, 0.1) is 5.92 Å². The molecule has 2 heterocycles. The van der Waals surface area contributed by atoms with Crippen molar-refractivity contribution in [3.63, 3.8) is 0 Å². The van der Waals surface area contributed by atoms with Gasteiger partial charge in [-0.2, -0.15) is 0 Å². The first-order chi connectivity index (χ1) is 9.78. The smallest absolute Gasteiger partial charge is 0.267 e. The van der Waals surface area contributed by atoms with Crippen LogP contribution in [0.3, 0.4) is 0 Å². The monoisotopic (exact) mass is 277 g/mol. The lowest BCUT2D eigenvalue weighted by atomic mass is 9.98. The van der Waals surface area contributed by atoms with E-state index in [1.807, 2.05) is 24.3 Å². The van der Waals surface area contributed by atoms with Gasteiger partial charge >= 0.3 is 0 Å².